The smallest absolute Gasteiger partial charge is 0.270 e. The number of ether oxygens (including phenoxy) is 1. The van der Waals surface area contributed by atoms with Crippen molar-refractivity contribution in [3.8, 4) is 5.75 Å². The number of non-ortho nitro benzene ring substituents is 1. The van der Waals surface area contributed by atoms with E-state index in [2.05, 4.69) is 10.6 Å². The van der Waals surface area contributed by atoms with Crippen LogP contribution in [0.4, 0.5) is 11.4 Å². The van der Waals surface area contributed by atoms with Crippen molar-refractivity contribution in [1.82, 2.24) is 10.2 Å². The molecule has 3 amide bonds. The van der Waals surface area contributed by atoms with Crippen LogP contribution in [0.3, 0.4) is 0 Å². The molecular weight excluding hydrogens is 444 g/mol. The number of benzene rings is 2. The second-order valence-electron chi connectivity index (χ2n) is 7.10. The second-order valence-corrected chi connectivity index (χ2v) is 7.10. The van der Waals surface area contributed by atoms with E-state index in [-0.39, 0.29) is 24.3 Å². The molecule has 3 rings (SSSR count). The Kier molecular flexibility index (Phi) is 7.95. The van der Waals surface area contributed by atoms with Gasteiger partial charge in [0, 0.05) is 23.4 Å². The third-order valence-corrected chi connectivity index (χ3v) is 4.67. The maximum Gasteiger partial charge on any atom is 0.270 e. The van der Waals surface area contributed by atoms with Crippen LogP contribution < -0.4 is 15.4 Å². The first-order valence-electron chi connectivity index (χ1n) is 10.1. The molecule has 0 aliphatic rings. The van der Waals surface area contributed by atoms with E-state index in [0.29, 0.717) is 17.2 Å². The van der Waals surface area contributed by atoms with Crippen molar-refractivity contribution in [1.29, 1.82) is 0 Å². The number of anilines is 1. The van der Waals surface area contributed by atoms with Gasteiger partial charge in [-0.15, -0.1) is 0 Å². The van der Waals surface area contributed by atoms with Crippen LogP contribution in [-0.4, -0.2) is 47.7 Å². The lowest BCUT2D eigenvalue weighted by molar-refractivity contribution is -0.384. The normalized spacial score (nSPS) is 10.3. The number of rotatable bonds is 10. The zero-order valence-corrected chi connectivity index (χ0v) is 18.2. The van der Waals surface area contributed by atoms with Gasteiger partial charge in [-0.25, -0.2) is 0 Å². The van der Waals surface area contributed by atoms with E-state index in [1.165, 1.54) is 36.5 Å². The summed E-state index contributed by atoms with van der Waals surface area (Å²) in [5.41, 5.74) is 0.328. The lowest BCUT2D eigenvalue weighted by Gasteiger charge is -2.21. The highest BCUT2D eigenvalue weighted by atomic mass is 16.6. The molecule has 2 aromatic carbocycles. The largest absolute Gasteiger partial charge is 0.497 e. The molecule has 0 spiro atoms. The predicted molar refractivity (Wildman–Crippen MR) is 121 cm³/mol. The lowest BCUT2D eigenvalue weighted by atomic mass is 10.1. The van der Waals surface area contributed by atoms with E-state index in [1.807, 2.05) is 0 Å². The summed E-state index contributed by atoms with van der Waals surface area (Å²) >= 11 is 0. The Labute approximate surface area is 194 Å². The number of hydrogen-bond donors (Lipinski definition) is 2. The number of nitrogens with one attached hydrogen (secondary N) is 2. The average Bonchev–Trinajstić information content (AvgIpc) is 3.35. The molecule has 0 saturated carbocycles. The van der Waals surface area contributed by atoms with Crippen molar-refractivity contribution < 1.29 is 28.5 Å². The van der Waals surface area contributed by atoms with E-state index in [9.17, 15) is 24.5 Å². The third kappa shape index (κ3) is 6.66. The fourth-order valence-electron chi connectivity index (χ4n) is 3.01. The van der Waals surface area contributed by atoms with Gasteiger partial charge in [0.15, 0.2) is 0 Å². The van der Waals surface area contributed by atoms with Gasteiger partial charge in [0.25, 0.3) is 11.6 Å². The Bertz CT molecular complexity index is 1160. The molecule has 0 unspecified atom stereocenters. The van der Waals surface area contributed by atoms with Crippen LogP contribution in [0.5, 0.6) is 5.75 Å². The molecule has 0 bridgehead atoms. The van der Waals surface area contributed by atoms with Gasteiger partial charge < -0.3 is 24.7 Å². The number of nitro benzene ring substituents is 1. The second kappa shape index (κ2) is 11.3. The van der Waals surface area contributed by atoms with Crippen molar-refractivity contribution in [3.63, 3.8) is 0 Å². The molecule has 1 aromatic heterocycles. The van der Waals surface area contributed by atoms with Crippen molar-refractivity contribution in [3.05, 3.63) is 88.4 Å². The summed E-state index contributed by atoms with van der Waals surface area (Å²) in [5, 5.41) is 16.1. The summed E-state index contributed by atoms with van der Waals surface area (Å²) in [6.45, 7) is -0.748. The third-order valence-electron chi connectivity index (χ3n) is 4.67. The Morgan fingerprint density at radius 2 is 1.82 bits per heavy atom. The molecule has 11 nitrogen and oxygen atoms in total. The highest BCUT2D eigenvalue weighted by Gasteiger charge is 2.22. The minimum atomic E-state index is -0.609. The highest BCUT2D eigenvalue weighted by Crippen LogP contribution is 2.17. The van der Waals surface area contributed by atoms with Gasteiger partial charge in [0.05, 0.1) is 31.4 Å². The van der Waals surface area contributed by atoms with E-state index in [0.717, 1.165) is 6.07 Å². The van der Waals surface area contributed by atoms with Gasteiger partial charge in [-0.2, -0.15) is 0 Å². The van der Waals surface area contributed by atoms with Crippen LogP contribution in [0.15, 0.2) is 71.3 Å². The molecule has 1 heterocycles. The Balaban J connectivity index is 1.62. The topological polar surface area (TPSA) is 144 Å². The number of methoxy groups -OCH3 is 1. The van der Waals surface area contributed by atoms with Crippen LogP contribution in [0, 0.1) is 10.1 Å². The first kappa shape index (κ1) is 24.0. The van der Waals surface area contributed by atoms with Crippen molar-refractivity contribution in [2.45, 2.75) is 6.54 Å². The first-order chi connectivity index (χ1) is 16.4. The molecule has 34 heavy (non-hydrogen) atoms. The first-order valence-corrected chi connectivity index (χ1v) is 10.1. The number of carbonyl (C=O) groups excluding carboxylic acids is 3. The maximum atomic E-state index is 13.0. The molecule has 2 N–H and O–H groups in total. The Hall–Kier alpha value is -4.67. The summed E-state index contributed by atoms with van der Waals surface area (Å²) < 4.78 is 10.3. The molecular formula is C23H22N4O7. The minimum absolute atomic E-state index is 0.0417. The van der Waals surface area contributed by atoms with Gasteiger partial charge in [-0.3, -0.25) is 24.5 Å². The predicted octanol–water partition coefficient (Wildman–Crippen LogP) is 2.59. The van der Waals surface area contributed by atoms with Gasteiger partial charge in [0.1, 0.15) is 18.1 Å². The molecule has 0 radical (unpaired) electrons. The van der Waals surface area contributed by atoms with Gasteiger partial charge >= 0.3 is 0 Å². The van der Waals surface area contributed by atoms with Gasteiger partial charge in [-0.05, 0) is 42.5 Å². The fourth-order valence-corrected chi connectivity index (χ4v) is 3.01. The molecule has 0 aliphatic carbocycles. The molecule has 0 saturated heterocycles. The van der Waals surface area contributed by atoms with Crippen molar-refractivity contribution >= 4 is 29.1 Å². The number of nitro groups is 1. The summed E-state index contributed by atoms with van der Waals surface area (Å²) in [6.07, 6.45) is 1.43. The summed E-state index contributed by atoms with van der Waals surface area (Å²) in [5.74, 6) is -0.588. The number of carbonyl (C=O) groups is 3. The summed E-state index contributed by atoms with van der Waals surface area (Å²) in [4.78, 5) is 49.3. The number of furan rings is 1. The Morgan fingerprint density at radius 1 is 1.06 bits per heavy atom. The molecule has 176 valence electrons. The Morgan fingerprint density at radius 3 is 2.47 bits per heavy atom. The SMILES string of the molecule is COc1ccc(NC(=O)CNC(=O)CN(Cc2ccco2)C(=O)c2cccc([N+](=O)[O-])c2)cc1. The van der Waals surface area contributed by atoms with Crippen LogP contribution in [-0.2, 0) is 16.1 Å². The number of nitrogens with zero attached hydrogens (tertiary/aromatic N) is 2. The fraction of sp³-hybridized carbons (Fsp3) is 0.174. The van der Waals surface area contributed by atoms with Gasteiger partial charge in [-0.1, -0.05) is 6.07 Å². The molecule has 0 atom stereocenters. The van der Waals surface area contributed by atoms with Crippen LogP contribution in [0.25, 0.3) is 0 Å². The number of hydrogen-bond acceptors (Lipinski definition) is 7. The van der Waals surface area contributed by atoms with E-state index in [4.69, 9.17) is 9.15 Å². The summed E-state index contributed by atoms with van der Waals surface area (Å²) in [7, 11) is 1.53. The summed E-state index contributed by atoms with van der Waals surface area (Å²) in [6, 6.07) is 15.1. The van der Waals surface area contributed by atoms with Crippen LogP contribution >= 0.6 is 0 Å². The monoisotopic (exact) mass is 466 g/mol. The zero-order valence-electron chi connectivity index (χ0n) is 18.2. The van der Waals surface area contributed by atoms with Crippen molar-refractivity contribution in [2.24, 2.45) is 0 Å². The molecule has 0 aliphatic heterocycles. The lowest BCUT2D eigenvalue weighted by Crippen LogP contribution is -2.42. The molecule has 0 fully saturated rings. The average molecular weight is 466 g/mol. The van der Waals surface area contributed by atoms with Crippen LogP contribution in [0.2, 0.25) is 0 Å². The van der Waals surface area contributed by atoms with E-state index < -0.39 is 29.2 Å². The van der Waals surface area contributed by atoms with E-state index in [1.54, 1.807) is 36.4 Å². The van der Waals surface area contributed by atoms with Crippen LogP contribution in [0.1, 0.15) is 16.1 Å². The highest BCUT2D eigenvalue weighted by molar-refractivity contribution is 5.98. The quantitative estimate of drug-likeness (QED) is 0.345. The minimum Gasteiger partial charge on any atom is -0.497 e. The number of amides is 3. The van der Waals surface area contributed by atoms with Crippen molar-refractivity contribution in [2.75, 3.05) is 25.5 Å². The standard InChI is InChI=1S/C23H22N4O7/c1-33-19-9-7-17(8-10-19)25-21(28)13-24-22(29)15-26(14-20-6-3-11-34-20)23(30)16-4-2-5-18(12-16)27(31)32/h2-12H,13-15H2,1H3,(H,24,29)(H,25,28). The molecule has 3 aromatic rings. The molecule has 11 heteroatoms. The van der Waals surface area contributed by atoms with E-state index >= 15 is 0 Å². The maximum absolute atomic E-state index is 13.0. The zero-order chi connectivity index (χ0) is 24.5. The van der Waals surface area contributed by atoms with Gasteiger partial charge in [0.2, 0.25) is 11.8 Å².